The first-order valence-corrected chi connectivity index (χ1v) is 11.8. The number of nitriles is 1. The highest BCUT2D eigenvalue weighted by molar-refractivity contribution is 6.68. The fourth-order valence-electron chi connectivity index (χ4n) is 4.29. The van der Waals surface area contributed by atoms with Crippen molar-refractivity contribution >= 4 is 35.9 Å². The van der Waals surface area contributed by atoms with Crippen molar-refractivity contribution in [1.82, 2.24) is 4.57 Å². The zero-order chi connectivity index (χ0) is 25.7. The summed E-state index contributed by atoms with van der Waals surface area (Å²) in [4.78, 5) is 23.6. The number of hydrogen-bond acceptors (Lipinski definition) is 6. The first kappa shape index (κ1) is 25.9. The van der Waals surface area contributed by atoms with Crippen LogP contribution in [0, 0.1) is 17.0 Å². The molecule has 1 aliphatic rings. The lowest BCUT2D eigenvalue weighted by molar-refractivity contribution is 0.0931. The van der Waals surface area contributed by atoms with E-state index in [-0.39, 0.29) is 24.1 Å². The minimum absolute atomic E-state index is 0.0328. The lowest BCUT2D eigenvalue weighted by Gasteiger charge is -2.34. The third-order valence-electron chi connectivity index (χ3n) is 6.55. The topological polar surface area (TPSA) is 99.8 Å². The fraction of sp³-hybridized carbons (Fsp3) is 0.385. The van der Waals surface area contributed by atoms with Gasteiger partial charge >= 0.3 is 0 Å². The van der Waals surface area contributed by atoms with Gasteiger partial charge in [0.25, 0.3) is 6.71 Å². The quantitative estimate of drug-likeness (QED) is 0.394. The second-order valence-electron chi connectivity index (χ2n) is 9.02. The van der Waals surface area contributed by atoms with E-state index in [1.165, 1.54) is 23.8 Å². The number of anilines is 2. The van der Waals surface area contributed by atoms with Gasteiger partial charge in [-0.2, -0.15) is 0 Å². The van der Waals surface area contributed by atoms with Crippen LogP contribution in [0.1, 0.15) is 50.0 Å². The lowest BCUT2D eigenvalue weighted by atomic mass is 9.39. The Bertz CT molecular complexity index is 1290. The second kappa shape index (κ2) is 11.2. The molecule has 1 unspecified atom stereocenters. The molecule has 0 radical (unpaired) electrons. The van der Waals surface area contributed by atoms with Crippen LogP contribution in [0.5, 0.6) is 0 Å². The number of allylic oxidation sites excluding steroid dienone is 1. The van der Waals surface area contributed by atoms with Crippen molar-refractivity contribution in [3.63, 3.8) is 0 Å². The summed E-state index contributed by atoms with van der Waals surface area (Å²) >= 11 is 0. The molecule has 0 spiro atoms. The van der Waals surface area contributed by atoms with E-state index in [1.54, 1.807) is 19.3 Å². The molecule has 1 fully saturated rings. The van der Waals surface area contributed by atoms with Crippen LogP contribution in [0.2, 0.25) is 12.1 Å². The first-order valence-electron chi connectivity index (χ1n) is 11.8. The van der Waals surface area contributed by atoms with Gasteiger partial charge < -0.3 is 10.6 Å². The summed E-state index contributed by atoms with van der Waals surface area (Å²) in [6.45, 7) is 9.06. The van der Waals surface area contributed by atoms with Crippen LogP contribution in [0.4, 0.5) is 15.8 Å². The Balaban J connectivity index is 2.12. The van der Waals surface area contributed by atoms with Crippen LogP contribution in [-0.4, -0.2) is 43.5 Å². The van der Waals surface area contributed by atoms with Crippen LogP contribution >= 0.6 is 0 Å². The van der Waals surface area contributed by atoms with E-state index >= 15 is 0 Å². The van der Waals surface area contributed by atoms with E-state index in [0.29, 0.717) is 28.7 Å². The van der Waals surface area contributed by atoms with Crippen LogP contribution in [0.15, 0.2) is 46.0 Å². The molecule has 35 heavy (non-hydrogen) atoms. The summed E-state index contributed by atoms with van der Waals surface area (Å²) in [6, 6.07) is 6.88. The van der Waals surface area contributed by atoms with Crippen molar-refractivity contribution < 1.29 is 9.18 Å². The van der Waals surface area contributed by atoms with Gasteiger partial charge in [0.15, 0.2) is 0 Å². The third kappa shape index (κ3) is 5.71. The van der Waals surface area contributed by atoms with E-state index in [1.807, 2.05) is 26.0 Å². The molecule has 1 aliphatic heterocycles. The second-order valence-corrected chi connectivity index (χ2v) is 9.02. The molecular weight excluding hydrogens is 442 g/mol. The number of hydrogen-bond donors (Lipinski definition) is 1. The van der Waals surface area contributed by atoms with Gasteiger partial charge in [0, 0.05) is 56.6 Å². The number of nitrogens with zero attached hydrogens (tertiary/aromatic N) is 5. The Morgan fingerprint density at radius 2 is 2.11 bits per heavy atom. The molecule has 9 heteroatoms. The standard InChI is InChI=1S/C26H32BFN6O/c1-6-17(2)26(20-11-21(13-31-5)25(30)23(28)12-20)32-24-8-7-22(15-34(24)19(4)35)33-10-9-27(16-29)18(3)14-33/h7-8,11-13,15,18H,6,9-10,14,30H2,1-5H3/b26-17+,31-13?,32-24?. The predicted molar refractivity (Wildman–Crippen MR) is 141 cm³/mol. The summed E-state index contributed by atoms with van der Waals surface area (Å²) < 4.78 is 16.2. The molecule has 2 heterocycles. The Morgan fingerprint density at radius 1 is 1.37 bits per heavy atom. The summed E-state index contributed by atoms with van der Waals surface area (Å²) in [7, 11) is 1.60. The summed E-state index contributed by atoms with van der Waals surface area (Å²) in [6.07, 6.45) is 4.80. The van der Waals surface area contributed by atoms with E-state index in [9.17, 15) is 14.4 Å². The number of carbonyl (C=O) groups is 1. The molecular formula is C26H32BFN6O. The number of aromatic nitrogens is 1. The van der Waals surface area contributed by atoms with Crippen LogP contribution in [-0.2, 0) is 0 Å². The summed E-state index contributed by atoms with van der Waals surface area (Å²) in [5.41, 5.74) is 9.85. The number of rotatable bonds is 5. The molecule has 2 aromatic rings. The van der Waals surface area contributed by atoms with Crippen molar-refractivity contribution in [3.05, 3.63) is 58.5 Å². The molecule has 0 amide bonds. The van der Waals surface area contributed by atoms with Crippen molar-refractivity contribution in [2.24, 2.45) is 9.98 Å². The highest BCUT2D eigenvalue weighted by atomic mass is 19.1. The zero-order valence-electron chi connectivity index (χ0n) is 21.0. The number of pyridine rings is 1. The average Bonchev–Trinajstić information content (AvgIpc) is 2.84. The Hall–Kier alpha value is -3.67. The Labute approximate surface area is 206 Å². The highest BCUT2D eigenvalue weighted by Gasteiger charge is 2.30. The van der Waals surface area contributed by atoms with Gasteiger partial charge in [0.05, 0.1) is 17.1 Å². The first-order chi connectivity index (χ1) is 16.7. The molecule has 0 saturated carbocycles. The average molecular weight is 474 g/mol. The van der Waals surface area contributed by atoms with Crippen LogP contribution in [0.25, 0.3) is 5.70 Å². The molecule has 7 nitrogen and oxygen atoms in total. The van der Waals surface area contributed by atoms with Crippen molar-refractivity contribution in [1.29, 1.82) is 5.26 Å². The molecule has 1 aromatic carbocycles. The number of carbonyl (C=O) groups excluding carboxylic acids is 1. The van der Waals surface area contributed by atoms with Gasteiger partial charge in [-0.15, -0.1) is 0 Å². The Morgan fingerprint density at radius 3 is 2.71 bits per heavy atom. The van der Waals surface area contributed by atoms with Crippen molar-refractivity contribution in [2.45, 2.75) is 46.3 Å². The van der Waals surface area contributed by atoms with Gasteiger partial charge in [-0.3, -0.25) is 14.4 Å². The Kier molecular flexibility index (Phi) is 8.28. The normalized spacial score (nSPS) is 17.5. The number of benzene rings is 1. The van der Waals surface area contributed by atoms with Crippen molar-refractivity contribution in [2.75, 3.05) is 30.8 Å². The fourth-order valence-corrected chi connectivity index (χ4v) is 4.29. The maximum Gasteiger partial charge on any atom is 0.274 e. The van der Waals surface area contributed by atoms with Gasteiger partial charge in [0.1, 0.15) is 11.3 Å². The number of aliphatic imine (C=N–C) groups is 1. The molecule has 0 bridgehead atoms. The molecule has 182 valence electrons. The predicted octanol–water partition coefficient (Wildman–Crippen LogP) is 4.43. The van der Waals surface area contributed by atoms with Crippen LogP contribution < -0.4 is 16.1 Å². The zero-order valence-corrected chi connectivity index (χ0v) is 21.0. The van der Waals surface area contributed by atoms with Crippen LogP contribution in [0.3, 0.4) is 0 Å². The molecule has 2 N–H and O–H groups in total. The monoisotopic (exact) mass is 474 g/mol. The molecule has 1 aromatic heterocycles. The van der Waals surface area contributed by atoms with E-state index in [0.717, 1.165) is 30.7 Å². The largest absolute Gasteiger partial charge is 0.396 e. The van der Waals surface area contributed by atoms with Crippen molar-refractivity contribution in [3.8, 4) is 5.97 Å². The molecule has 1 saturated heterocycles. The molecule has 3 rings (SSSR count). The number of nitrogen functional groups attached to an aromatic ring is 1. The SMILES string of the molecule is CC/C(C)=C(/N=c1ccc(N2CCB(C#N)C(C)C2)cn1C(C)=O)c1cc(F)c(N)c(C=NC)c1. The van der Waals surface area contributed by atoms with E-state index in [2.05, 4.69) is 22.8 Å². The maximum atomic E-state index is 14.6. The minimum atomic E-state index is -0.543. The highest BCUT2D eigenvalue weighted by Crippen LogP contribution is 2.28. The lowest BCUT2D eigenvalue weighted by Crippen LogP contribution is -2.41. The van der Waals surface area contributed by atoms with Gasteiger partial charge in [-0.25, -0.2) is 14.6 Å². The van der Waals surface area contributed by atoms with Gasteiger partial charge in [-0.05, 0) is 55.3 Å². The summed E-state index contributed by atoms with van der Waals surface area (Å²) in [5, 5.41) is 9.32. The van der Waals surface area contributed by atoms with E-state index < -0.39 is 5.82 Å². The number of halogens is 1. The van der Waals surface area contributed by atoms with E-state index in [4.69, 9.17) is 10.7 Å². The van der Waals surface area contributed by atoms with Gasteiger partial charge in [0.2, 0.25) is 5.91 Å². The minimum Gasteiger partial charge on any atom is -0.396 e. The smallest absolute Gasteiger partial charge is 0.274 e. The van der Waals surface area contributed by atoms with Gasteiger partial charge in [-0.1, -0.05) is 13.8 Å². The summed E-state index contributed by atoms with van der Waals surface area (Å²) in [5.74, 6) is 1.91. The maximum absolute atomic E-state index is 14.6. The number of nitrogens with two attached hydrogens (primary N) is 1. The molecule has 0 aliphatic carbocycles. The third-order valence-corrected chi connectivity index (χ3v) is 6.55. The molecule has 1 atom stereocenters.